The number of carboxylic acids is 1. The zero-order valence-corrected chi connectivity index (χ0v) is 12.5. The molecule has 3 unspecified atom stereocenters. The van der Waals surface area contributed by atoms with Crippen molar-refractivity contribution in [2.75, 3.05) is 13.1 Å². The number of amides is 2. The fourth-order valence-electron chi connectivity index (χ4n) is 2.60. The molecule has 3 N–H and O–H groups in total. The van der Waals surface area contributed by atoms with Crippen molar-refractivity contribution >= 4 is 12.0 Å². The first-order chi connectivity index (χ1) is 9.32. The summed E-state index contributed by atoms with van der Waals surface area (Å²) in [6, 6.07) is -1.66. The third-order valence-corrected chi connectivity index (χ3v) is 4.03. The minimum Gasteiger partial charge on any atom is -0.480 e. The standard InChI is InChI=1S/C14H26N2O4/c1-9(2)11-5-4-7-16(8-6-11)14(20)15-12(10(3)17)13(18)19/h9-12,17H,4-8H2,1-3H3,(H,15,20)(H,18,19). The number of aliphatic hydroxyl groups is 1. The van der Waals surface area contributed by atoms with E-state index in [0.29, 0.717) is 24.9 Å². The summed E-state index contributed by atoms with van der Waals surface area (Å²) in [5.41, 5.74) is 0. The van der Waals surface area contributed by atoms with Crippen LogP contribution in [0.15, 0.2) is 0 Å². The Kier molecular flexibility index (Phi) is 6.26. The maximum Gasteiger partial charge on any atom is 0.328 e. The first-order valence-corrected chi connectivity index (χ1v) is 7.29. The highest BCUT2D eigenvalue weighted by Gasteiger charge is 2.28. The van der Waals surface area contributed by atoms with Gasteiger partial charge in [0.2, 0.25) is 0 Å². The van der Waals surface area contributed by atoms with E-state index in [1.165, 1.54) is 6.92 Å². The molecule has 1 aliphatic heterocycles. The molecule has 0 aliphatic carbocycles. The van der Waals surface area contributed by atoms with Crippen molar-refractivity contribution in [3.05, 3.63) is 0 Å². The van der Waals surface area contributed by atoms with Gasteiger partial charge in [0, 0.05) is 13.1 Å². The van der Waals surface area contributed by atoms with Crippen LogP contribution in [0, 0.1) is 11.8 Å². The zero-order valence-electron chi connectivity index (χ0n) is 12.5. The van der Waals surface area contributed by atoms with Crippen molar-refractivity contribution in [2.45, 2.75) is 52.2 Å². The van der Waals surface area contributed by atoms with E-state index in [-0.39, 0.29) is 0 Å². The fourth-order valence-corrected chi connectivity index (χ4v) is 2.60. The van der Waals surface area contributed by atoms with Gasteiger partial charge in [0.05, 0.1) is 6.10 Å². The molecule has 0 aromatic rings. The molecule has 116 valence electrons. The van der Waals surface area contributed by atoms with Crippen molar-refractivity contribution in [1.82, 2.24) is 10.2 Å². The van der Waals surface area contributed by atoms with E-state index in [2.05, 4.69) is 19.2 Å². The summed E-state index contributed by atoms with van der Waals surface area (Å²) in [5.74, 6) is -0.00897. The van der Waals surface area contributed by atoms with Crippen LogP contribution in [-0.2, 0) is 4.79 Å². The number of likely N-dealkylation sites (tertiary alicyclic amines) is 1. The van der Waals surface area contributed by atoms with Crippen LogP contribution in [0.5, 0.6) is 0 Å². The quantitative estimate of drug-likeness (QED) is 0.726. The summed E-state index contributed by atoms with van der Waals surface area (Å²) in [7, 11) is 0. The van der Waals surface area contributed by atoms with E-state index in [1.54, 1.807) is 4.90 Å². The van der Waals surface area contributed by atoms with E-state index in [0.717, 1.165) is 19.3 Å². The number of aliphatic carboxylic acids is 1. The lowest BCUT2D eigenvalue weighted by Gasteiger charge is -2.25. The Bertz CT molecular complexity index is 344. The molecule has 6 nitrogen and oxygen atoms in total. The van der Waals surface area contributed by atoms with Crippen molar-refractivity contribution in [1.29, 1.82) is 0 Å². The molecule has 3 atom stereocenters. The number of rotatable bonds is 4. The smallest absolute Gasteiger partial charge is 0.328 e. The molecule has 0 radical (unpaired) electrons. The van der Waals surface area contributed by atoms with Gasteiger partial charge in [-0.15, -0.1) is 0 Å². The summed E-state index contributed by atoms with van der Waals surface area (Å²) in [5, 5.41) is 20.7. The van der Waals surface area contributed by atoms with Gasteiger partial charge < -0.3 is 20.4 Å². The van der Waals surface area contributed by atoms with E-state index in [4.69, 9.17) is 5.11 Å². The minimum atomic E-state index is -1.26. The second-order valence-electron chi connectivity index (χ2n) is 5.93. The van der Waals surface area contributed by atoms with Crippen LogP contribution in [0.25, 0.3) is 0 Å². The number of carboxylic acid groups (broad SMARTS) is 1. The number of hydrogen-bond donors (Lipinski definition) is 3. The number of nitrogens with zero attached hydrogens (tertiary/aromatic N) is 1. The van der Waals surface area contributed by atoms with Gasteiger partial charge >= 0.3 is 12.0 Å². The summed E-state index contributed by atoms with van der Waals surface area (Å²) in [6.45, 7) is 7.01. The number of aliphatic hydroxyl groups excluding tert-OH is 1. The van der Waals surface area contributed by atoms with Gasteiger partial charge in [0.25, 0.3) is 0 Å². The lowest BCUT2D eigenvalue weighted by atomic mass is 9.89. The van der Waals surface area contributed by atoms with Crippen molar-refractivity contribution in [3.8, 4) is 0 Å². The Hall–Kier alpha value is -1.30. The molecule has 0 aromatic heterocycles. The molecule has 1 fully saturated rings. The zero-order chi connectivity index (χ0) is 15.3. The minimum absolute atomic E-state index is 0.400. The SMILES string of the molecule is CC(C)C1CCCN(C(=O)NC(C(=O)O)C(C)O)CC1. The van der Waals surface area contributed by atoms with E-state index in [1.807, 2.05) is 0 Å². The second-order valence-corrected chi connectivity index (χ2v) is 5.93. The molecule has 2 amide bonds. The van der Waals surface area contributed by atoms with Gasteiger partial charge in [-0.1, -0.05) is 13.8 Å². The van der Waals surface area contributed by atoms with Gasteiger partial charge in [-0.05, 0) is 38.0 Å². The first-order valence-electron chi connectivity index (χ1n) is 7.29. The first kappa shape index (κ1) is 16.8. The predicted molar refractivity (Wildman–Crippen MR) is 75.4 cm³/mol. The van der Waals surface area contributed by atoms with Crippen LogP contribution in [0.4, 0.5) is 4.79 Å². The van der Waals surface area contributed by atoms with E-state index in [9.17, 15) is 14.7 Å². The molecule has 0 aromatic carbocycles. The maximum absolute atomic E-state index is 12.1. The third-order valence-electron chi connectivity index (χ3n) is 4.03. The normalized spacial score (nSPS) is 23.1. The molecule has 1 rings (SSSR count). The van der Waals surface area contributed by atoms with E-state index < -0.39 is 24.1 Å². The molecule has 20 heavy (non-hydrogen) atoms. The number of nitrogens with one attached hydrogen (secondary N) is 1. The van der Waals surface area contributed by atoms with Crippen LogP contribution in [-0.4, -0.2) is 52.3 Å². The molecular formula is C14H26N2O4. The van der Waals surface area contributed by atoms with Crippen molar-refractivity contribution in [3.63, 3.8) is 0 Å². The third kappa shape index (κ3) is 4.67. The average molecular weight is 286 g/mol. The fraction of sp³-hybridized carbons (Fsp3) is 0.857. The molecule has 1 aliphatic rings. The van der Waals surface area contributed by atoms with Gasteiger partial charge in [-0.25, -0.2) is 9.59 Å². The number of carbonyl (C=O) groups excluding carboxylic acids is 1. The Morgan fingerprint density at radius 2 is 1.85 bits per heavy atom. The molecule has 6 heteroatoms. The predicted octanol–water partition coefficient (Wildman–Crippen LogP) is 1.29. The molecular weight excluding hydrogens is 260 g/mol. The molecule has 0 spiro atoms. The Balaban J connectivity index is 2.57. The number of urea groups is 1. The second kappa shape index (κ2) is 7.47. The van der Waals surface area contributed by atoms with Crippen LogP contribution >= 0.6 is 0 Å². The Labute approximate surface area is 120 Å². The van der Waals surface area contributed by atoms with Crippen molar-refractivity contribution in [2.24, 2.45) is 11.8 Å². The molecule has 1 saturated heterocycles. The number of hydrogen-bond acceptors (Lipinski definition) is 3. The van der Waals surface area contributed by atoms with Crippen molar-refractivity contribution < 1.29 is 19.8 Å². The largest absolute Gasteiger partial charge is 0.480 e. The average Bonchev–Trinajstić information content (AvgIpc) is 2.60. The summed E-state index contributed by atoms with van der Waals surface area (Å²) in [4.78, 5) is 24.7. The topological polar surface area (TPSA) is 89.9 Å². The highest BCUT2D eigenvalue weighted by Crippen LogP contribution is 2.24. The van der Waals surface area contributed by atoms with Crippen LogP contribution in [0.3, 0.4) is 0 Å². The van der Waals surface area contributed by atoms with Gasteiger partial charge in [-0.2, -0.15) is 0 Å². The van der Waals surface area contributed by atoms with Gasteiger partial charge in [0.1, 0.15) is 0 Å². The summed E-state index contributed by atoms with van der Waals surface area (Å²) in [6.07, 6.45) is 1.85. The Morgan fingerprint density at radius 1 is 1.20 bits per heavy atom. The molecule has 1 heterocycles. The lowest BCUT2D eigenvalue weighted by molar-refractivity contribution is -0.141. The van der Waals surface area contributed by atoms with Gasteiger partial charge in [-0.3, -0.25) is 0 Å². The van der Waals surface area contributed by atoms with Crippen LogP contribution < -0.4 is 5.32 Å². The Morgan fingerprint density at radius 3 is 2.35 bits per heavy atom. The highest BCUT2D eigenvalue weighted by molar-refractivity contribution is 5.83. The van der Waals surface area contributed by atoms with Crippen LogP contribution in [0.1, 0.15) is 40.0 Å². The van der Waals surface area contributed by atoms with E-state index >= 15 is 0 Å². The monoisotopic (exact) mass is 286 g/mol. The van der Waals surface area contributed by atoms with Gasteiger partial charge in [0.15, 0.2) is 6.04 Å². The van der Waals surface area contributed by atoms with Crippen LogP contribution in [0.2, 0.25) is 0 Å². The maximum atomic E-state index is 12.1. The molecule has 0 bridgehead atoms. The number of carbonyl (C=O) groups is 2. The lowest BCUT2D eigenvalue weighted by Crippen LogP contribution is -2.52. The highest BCUT2D eigenvalue weighted by atomic mass is 16.4. The molecule has 0 saturated carbocycles. The summed E-state index contributed by atoms with van der Waals surface area (Å²) < 4.78 is 0. The summed E-state index contributed by atoms with van der Waals surface area (Å²) >= 11 is 0.